The number of carbonyl (C=O) groups is 1. The molecule has 0 spiro atoms. The lowest BCUT2D eigenvalue weighted by Gasteiger charge is -2.20. The number of amides is 2. The van der Waals surface area contributed by atoms with Crippen LogP contribution in [-0.2, 0) is 17.7 Å². The Kier molecular flexibility index (Phi) is 4.92. The van der Waals surface area contributed by atoms with E-state index in [2.05, 4.69) is 15.8 Å². The lowest BCUT2D eigenvalue weighted by Crippen LogP contribution is -2.43. The van der Waals surface area contributed by atoms with Crippen molar-refractivity contribution >= 4 is 6.03 Å². The third kappa shape index (κ3) is 3.90. The average molecular weight is 315 g/mol. The van der Waals surface area contributed by atoms with Crippen molar-refractivity contribution in [2.75, 3.05) is 6.61 Å². The smallest absolute Gasteiger partial charge is 0.315 e. The summed E-state index contributed by atoms with van der Waals surface area (Å²) >= 11 is 0. The van der Waals surface area contributed by atoms with Gasteiger partial charge in [-0.3, -0.25) is 0 Å². The molecule has 6 nitrogen and oxygen atoms in total. The van der Waals surface area contributed by atoms with Crippen LogP contribution in [0.25, 0.3) is 0 Å². The maximum atomic E-state index is 12.1. The Morgan fingerprint density at radius 2 is 2.17 bits per heavy atom. The minimum Gasteiger partial charge on any atom is -0.371 e. The van der Waals surface area contributed by atoms with Crippen LogP contribution in [0.4, 0.5) is 4.79 Å². The Labute approximate surface area is 135 Å². The SMILES string of the molecule is CCc1cc(CNC(=O)N[C@H]2CCO[C@@H]2c2ccccc2)on1. The van der Waals surface area contributed by atoms with E-state index in [4.69, 9.17) is 9.26 Å². The molecule has 1 fully saturated rings. The molecule has 1 aromatic carbocycles. The maximum absolute atomic E-state index is 12.1. The molecule has 2 amide bonds. The molecule has 0 radical (unpaired) electrons. The number of aromatic nitrogens is 1. The van der Waals surface area contributed by atoms with Crippen molar-refractivity contribution in [1.29, 1.82) is 0 Å². The number of ether oxygens (including phenoxy) is 1. The summed E-state index contributed by atoms with van der Waals surface area (Å²) in [7, 11) is 0. The van der Waals surface area contributed by atoms with Crippen LogP contribution in [0.5, 0.6) is 0 Å². The van der Waals surface area contributed by atoms with E-state index in [0.29, 0.717) is 18.9 Å². The fourth-order valence-corrected chi connectivity index (χ4v) is 2.70. The molecule has 1 aromatic heterocycles. The molecule has 2 atom stereocenters. The molecule has 122 valence electrons. The Morgan fingerprint density at radius 1 is 1.35 bits per heavy atom. The van der Waals surface area contributed by atoms with Crippen LogP contribution in [0.15, 0.2) is 40.9 Å². The molecule has 23 heavy (non-hydrogen) atoms. The number of nitrogens with one attached hydrogen (secondary N) is 2. The quantitative estimate of drug-likeness (QED) is 0.889. The molecule has 1 aliphatic heterocycles. The van der Waals surface area contributed by atoms with E-state index in [1.807, 2.05) is 43.3 Å². The standard InChI is InChI=1S/C17H21N3O3/c1-2-13-10-14(23-20-13)11-18-17(21)19-15-8-9-22-16(15)12-6-4-3-5-7-12/h3-7,10,15-16H,2,8-9,11H2,1H3,(H2,18,19,21)/t15-,16+/m0/s1. The van der Waals surface area contributed by atoms with Gasteiger partial charge in [-0.05, 0) is 18.4 Å². The van der Waals surface area contributed by atoms with Gasteiger partial charge in [0.15, 0.2) is 5.76 Å². The molecule has 0 aliphatic carbocycles. The van der Waals surface area contributed by atoms with Crippen molar-refractivity contribution in [1.82, 2.24) is 15.8 Å². The summed E-state index contributed by atoms with van der Waals surface area (Å²) in [5.74, 6) is 0.652. The van der Waals surface area contributed by atoms with Gasteiger partial charge < -0.3 is 19.9 Å². The second-order valence-electron chi connectivity index (χ2n) is 5.56. The molecule has 1 saturated heterocycles. The molecule has 0 bridgehead atoms. The second kappa shape index (κ2) is 7.28. The molecule has 3 rings (SSSR count). The van der Waals surface area contributed by atoms with E-state index in [9.17, 15) is 4.79 Å². The Balaban J connectivity index is 1.52. The van der Waals surface area contributed by atoms with Gasteiger partial charge in [0.05, 0.1) is 18.3 Å². The van der Waals surface area contributed by atoms with E-state index < -0.39 is 0 Å². The Hall–Kier alpha value is -2.34. The summed E-state index contributed by atoms with van der Waals surface area (Å²) in [4.78, 5) is 12.1. The van der Waals surface area contributed by atoms with Crippen molar-refractivity contribution in [2.24, 2.45) is 0 Å². The van der Waals surface area contributed by atoms with Crippen LogP contribution in [0.1, 0.15) is 36.5 Å². The summed E-state index contributed by atoms with van der Waals surface area (Å²) in [5.41, 5.74) is 1.97. The Morgan fingerprint density at radius 3 is 2.91 bits per heavy atom. The topological polar surface area (TPSA) is 76.4 Å². The first-order valence-corrected chi connectivity index (χ1v) is 7.91. The van der Waals surface area contributed by atoms with Gasteiger partial charge in [-0.15, -0.1) is 0 Å². The van der Waals surface area contributed by atoms with Gasteiger partial charge in [-0.2, -0.15) is 0 Å². The molecular formula is C17H21N3O3. The highest BCUT2D eigenvalue weighted by Crippen LogP contribution is 2.28. The molecule has 2 heterocycles. The van der Waals surface area contributed by atoms with Gasteiger partial charge in [0, 0.05) is 12.7 Å². The fraction of sp³-hybridized carbons (Fsp3) is 0.412. The van der Waals surface area contributed by atoms with Crippen LogP contribution in [-0.4, -0.2) is 23.8 Å². The molecule has 2 N–H and O–H groups in total. The lowest BCUT2D eigenvalue weighted by molar-refractivity contribution is 0.0999. The highest BCUT2D eigenvalue weighted by atomic mass is 16.5. The predicted octanol–water partition coefficient (Wildman–Crippen LogP) is 2.57. The number of rotatable bonds is 5. The maximum Gasteiger partial charge on any atom is 0.315 e. The van der Waals surface area contributed by atoms with Crippen LogP contribution in [0, 0.1) is 0 Å². The number of hydrogen-bond donors (Lipinski definition) is 2. The third-order valence-electron chi connectivity index (χ3n) is 3.93. The van der Waals surface area contributed by atoms with E-state index in [1.165, 1.54) is 0 Å². The first-order chi connectivity index (χ1) is 11.3. The van der Waals surface area contributed by atoms with Crippen LogP contribution < -0.4 is 10.6 Å². The number of carbonyl (C=O) groups excluding carboxylic acids is 1. The van der Waals surface area contributed by atoms with Crippen LogP contribution in [0.2, 0.25) is 0 Å². The molecule has 0 unspecified atom stereocenters. The molecule has 6 heteroatoms. The molecule has 1 aliphatic rings. The minimum absolute atomic E-state index is 0.0293. The predicted molar refractivity (Wildman–Crippen MR) is 84.8 cm³/mol. The van der Waals surface area contributed by atoms with Gasteiger partial charge >= 0.3 is 6.03 Å². The zero-order chi connectivity index (χ0) is 16.1. The monoisotopic (exact) mass is 315 g/mol. The van der Waals surface area contributed by atoms with E-state index in [-0.39, 0.29) is 18.2 Å². The zero-order valence-corrected chi connectivity index (χ0v) is 13.1. The highest BCUT2D eigenvalue weighted by molar-refractivity contribution is 5.74. The average Bonchev–Trinajstić information content (AvgIpc) is 3.22. The van der Waals surface area contributed by atoms with Crippen molar-refractivity contribution in [3.05, 3.63) is 53.4 Å². The van der Waals surface area contributed by atoms with Crippen LogP contribution >= 0.6 is 0 Å². The van der Waals surface area contributed by atoms with E-state index in [1.54, 1.807) is 0 Å². The summed E-state index contributed by atoms with van der Waals surface area (Å²) in [6.45, 7) is 2.97. The first-order valence-electron chi connectivity index (χ1n) is 7.91. The summed E-state index contributed by atoms with van der Waals surface area (Å²) in [5, 5.41) is 9.68. The van der Waals surface area contributed by atoms with Gasteiger partial charge in [0.1, 0.15) is 6.10 Å². The molecular weight excluding hydrogens is 294 g/mol. The first kappa shape index (κ1) is 15.6. The van der Waals surface area contributed by atoms with Gasteiger partial charge in [-0.1, -0.05) is 42.4 Å². The van der Waals surface area contributed by atoms with Crippen molar-refractivity contribution in [2.45, 2.75) is 38.5 Å². The zero-order valence-electron chi connectivity index (χ0n) is 13.1. The molecule has 0 saturated carbocycles. The van der Waals surface area contributed by atoms with E-state index in [0.717, 1.165) is 24.1 Å². The Bertz CT molecular complexity index is 642. The van der Waals surface area contributed by atoms with Gasteiger partial charge in [0.2, 0.25) is 0 Å². The normalized spacial score (nSPS) is 20.4. The fourth-order valence-electron chi connectivity index (χ4n) is 2.70. The molecule has 2 aromatic rings. The number of hydrogen-bond acceptors (Lipinski definition) is 4. The third-order valence-corrected chi connectivity index (χ3v) is 3.93. The summed E-state index contributed by atoms with van der Waals surface area (Å²) in [6.07, 6.45) is 1.52. The van der Waals surface area contributed by atoms with Gasteiger partial charge in [-0.25, -0.2) is 4.79 Å². The van der Waals surface area contributed by atoms with Crippen LogP contribution in [0.3, 0.4) is 0 Å². The number of benzene rings is 1. The lowest BCUT2D eigenvalue weighted by atomic mass is 10.0. The highest BCUT2D eigenvalue weighted by Gasteiger charge is 2.30. The number of nitrogens with zero attached hydrogens (tertiary/aromatic N) is 1. The van der Waals surface area contributed by atoms with E-state index >= 15 is 0 Å². The van der Waals surface area contributed by atoms with Crippen molar-refractivity contribution < 1.29 is 14.1 Å². The minimum atomic E-state index is -0.226. The van der Waals surface area contributed by atoms with Crippen molar-refractivity contribution in [3.8, 4) is 0 Å². The summed E-state index contributed by atoms with van der Waals surface area (Å²) in [6, 6.07) is 11.6. The summed E-state index contributed by atoms with van der Waals surface area (Å²) < 4.78 is 10.9. The second-order valence-corrected chi connectivity index (χ2v) is 5.56. The van der Waals surface area contributed by atoms with Crippen molar-refractivity contribution in [3.63, 3.8) is 0 Å². The largest absolute Gasteiger partial charge is 0.371 e. The number of aryl methyl sites for hydroxylation is 1. The van der Waals surface area contributed by atoms with Gasteiger partial charge in [0.25, 0.3) is 0 Å². The number of urea groups is 1.